The van der Waals surface area contributed by atoms with Crippen molar-refractivity contribution in [3.05, 3.63) is 23.9 Å². The monoisotopic (exact) mass is 249 g/mol. The van der Waals surface area contributed by atoms with E-state index in [-0.39, 0.29) is 18.1 Å². The molecule has 0 spiro atoms. The van der Waals surface area contributed by atoms with E-state index in [0.29, 0.717) is 11.4 Å². The number of carbonyl (C=O) groups excluding carboxylic acids is 1. The van der Waals surface area contributed by atoms with E-state index in [9.17, 15) is 4.79 Å². The molecule has 2 unspecified atom stereocenters. The van der Waals surface area contributed by atoms with Crippen LogP contribution in [0.15, 0.2) is 18.3 Å². The molecule has 2 rings (SSSR count). The third kappa shape index (κ3) is 2.79. The van der Waals surface area contributed by atoms with Gasteiger partial charge in [0, 0.05) is 26.4 Å². The van der Waals surface area contributed by atoms with Crippen LogP contribution in [0.2, 0.25) is 0 Å². The maximum absolute atomic E-state index is 12.1. The van der Waals surface area contributed by atoms with Gasteiger partial charge in [0.05, 0.1) is 11.7 Å². The summed E-state index contributed by atoms with van der Waals surface area (Å²) in [6.07, 6.45) is 4.80. The summed E-state index contributed by atoms with van der Waals surface area (Å²) in [6.45, 7) is 0. The number of carbonyl (C=O) groups is 1. The van der Waals surface area contributed by atoms with Crippen molar-refractivity contribution in [2.45, 2.75) is 31.4 Å². The van der Waals surface area contributed by atoms with Crippen LogP contribution >= 0.6 is 0 Å². The van der Waals surface area contributed by atoms with E-state index < -0.39 is 0 Å². The van der Waals surface area contributed by atoms with Crippen molar-refractivity contribution < 1.29 is 9.53 Å². The summed E-state index contributed by atoms with van der Waals surface area (Å²) in [5, 5.41) is 5.96. The lowest BCUT2D eigenvalue weighted by Gasteiger charge is -2.14. The Morgan fingerprint density at radius 1 is 1.50 bits per heavy atom. The summed E-state index contributed by atoms with van der Waals surface area (Å²) in [4.78, 5) is 16.3. The van der Waals surface area contributed by atoms with E-state index >= 15 is 0 Å². The zero-order valence-corrected chi connectivity index (χ0v) is 10.8. The largest absolute Gasteiger partial charge is 0.381 e. The molecule has 1 aromatic heterocycles. The van der Waals surface area contributed by atoms with Gasteiger partial charge >= 0.3 is 0 Å². The molecule has 0 aliphatic heterocycles. The third-order valence-corrected chi connectivity index (χ3v) is 3.34. The Morgan fingerprint density at radius 2 is 2.33 bits per heavy atom. The Morgan fingerprint density at radius 3 is 3.00 bits per heavy atom. The molecular weight excluding hydrogens is 230 g/mol. The number of pyridine rings is 1. The van der Waals surface area contributed by atoms with Gasteiger partial charge in [-0.05, 0) is 31.4 Å². The van der Waals surface area contributed by atoms with Crippen LogP contribution in [0.25, 0.3) is 0 Å². The first kappa shape index (κ1) is 12.8. The topological polar surface area (TPSA) is 63.2 Å². The number of amides is 1. The number of methoxy groups -OCH3 is 1. The summed E-state index contributed by atoms with van der Waals surface area (Å²) in [6, 6.07) is 3.74. The van der Waals surface area contributed by atoms with Crippen LogP contribution in [0, 0.1) is 0 Å². The molecule has 0 bridgehead atoms. The van der Waals surface area contributed by atoms with Gasteiger partial charge in [-0.25, -0.2) is 4.98 Å². The predicted molar refractivity (Wildman–Crippen MR) is 69.7 cm³/mol. The van der Waals surface area contributed by atoms with Crippen LogP contribution in [-0.4, -0.2) is 37.2 Å². The molecule has 1 fully saturated rings. The molecule has 1 aromatic rings. The lowest BCUT2D eigenvalue weighted by Crippen LogP contribution is -2.33. The molecule has 98 valence electrons. The summed E-state index contributed by atoms with van der Waals surface area (Å²) >= 11 is 0. The van der Waals surface area contributed by atoms with Crippen molar-refractivity contribution >= 4 is 11.7 Å². The standard InChI is InChI=1S/C13H19N3O2/c1-14-12-11(4-3-7-15-12)13(17)16-9-5-6-10(8-9)18-2/h3-4,7,9-10H,5-6,8H2,1-2H3,(H,14,15)(H,16,17). The number of nitrogens with one attached hydrogen (secondary N) is 2. The Kier molecular flexibility index (Phi) is 4.15. The van der Waals surface area contributed by atoms with Crippen LogP contribution < -0.4 is 10.6 Å². The van der Waals surface area contributed by atoms with Gasteiger partial charge in [-0.15, -0.1) is 0 Å². The van der Waals surface area contributed by atoms with E-state index in [4.69, 9.17) is 4.74 Å². The van der Waals surface area contributed by atoms with Gasteiger partial charge < -0.3 is 15.4 Å². The second kappa shape index (κ2) is 5.82. The van der Waals surface area contributed by atoms with Crippen molar-refractivity contribution in [1.29, 1.82) is 0 Å². The highest BCUT2D eigenvalue weighted by atomic mass is 16.5. The molecule has 1 amide bonds. The Bertz CT molecular complexity index is 422. The quantitative estimate of drug-likeness (QED) is 0.847. The molecule has 0 aromatic carbocycles. The van der Waals surface area contributed by atoms with Crippen LogP contribution in [0.4, 0.5) is 5.82 Å². The molecule has 18 heavy (non-hydrogen) atoms. The van der Waals surface area contributed by atoms with Crippen molar-refractivity contribution in [3.8, 4) is 0 Å². The molecule has 1 aliphatic rings. The molecule has 1 aliphatic carbocycles. The summed E-state index contributed by atoms with van der Waals surface area (Å²) in [5.41, 5.74) is 0.584. The third-order valence-electron chi connectivity index (χ3n) is 3.34. The summed E-state index contributed by atoms with van der Waals surface area (Å²) in [7, 11) is 3.48. The van der Waals surface area contributed by atoms with Crippen LogP contribution in [0.3, 0.4) is 0 Å². The van der Waals surface area contributed by atoms with Crippen LogP contribution in [-0.2, 0) is 4.74 Å². The summed E-state index contributed by atoms with van der Waals surface area (Å²) < 4.78 is 5.30. The molecule has 2 N–H and O–H groups in total. The van der Waals surface area contributed by atoms with Gasteiger partial charge in [0.2, 0.25) is 0 Å². The minimum absolute atomic E-state index is 0.0748. The molecule has 0 saturated heterocycles. The van der Waals surface area contributed by atoms with Gasteiger partial charge in [0.25, 0.3) is 5.91 Å². The van der Waals surface area contributed by atoms with E-state index in [0.717, 1.165) is 19.3 Å². The Labute approximate surface area is 107 Å². The van der Waals surface area contributed by atoms with E-state index in [2.05, 4.69) is 15.6 Å². The molecule has 5 nitrogen and oxygen atoms in total. The van der Waals surface area contributed by atoms with Crippen molar-refractivity contribution in [2.24, 2.45) is 0 Å². The second-order valence-electron chi connectivity index (χ2n) is 4.49. The SMILES string of the molecule is CNc1ncccc1C(=O)NC1CCC(OC)C1. The smallest absolute Gasteiger partial charge is 0.255 e. The zero-order valence-electron chi connectivity index (χ0n) is 10.8. The first-order valence-corrected chi connectivity index (χ1v) is 6.21. The number of hydrogen-bond acceptors (Lipinski definition) is 4. The molecular formula is C13H19N3O2. The predicted octanol–water partition coefficient (Wildman–Crippen LogP) is 1.42. The van der Waals surface area contributed by atoms with Gasteiger partial charge in [0.1, 0.15) is 5.82 Å². The van der Waals surface area contributed by atoms with Crippen molar-refractivity contribution in [3.63, 3.8) is 0 Å². The molecule has 1 saturated carbocycles. The number of aromatic nitrogens is 1. The minimum atomic E-state index is -0.0748. The summed E-state index contributed by atoms with van der Waals surface area (Å²) in [5.74, 6) is 0.533. The van der Waals surface area contributed by atoms with Crippen LogP contribution in [0.5, 0.6) is 0 Å². The normalized spacial score (nSPS) is 22.8. The van der Waals surface area contributed by atoms with Crippen molar-refractivity contribution in [2.75, 3.05) is 19.5 Å². The first-order valence-electron chi connectivity index (χ1n) is 6.21. The number of ether oxygens (including phenoxy) is 1. The number of rotatable bonds is 4. The number of nitrogens with zero attached hydrogens (tertiary/aromatic N) is 1. The highest BCUT2D eigenvalue weighted by Crippen LogP contribution is 2.22. The van der Waals surface area contributed by atoms with Gasteiger partial charge in [-0.3, -0.25) is 4.79 Å². The highest BCUT2D eigenvalue weighted by molar-refractivity contribution is 5.98. The van der Waals surface area contributed by atoms with Gasteiger partial charge in [0.15, 0.2) is 0 Å². The Balaban J connectivity index is 2.00. The average molecular weight is 249 g/mol. The molecule has 0 radical (unpaired) electrons. The van der Waals surface area contributed by atoms with E-state index in [1.807, 2.05) is 0 Å². The highest BCUT2D eigenvalue weighted by Gasteiger charge is 2.26. The van der Waals surface area contributed by atoms with Gasteiger partial charge in [-0.2, -0.15) is 0 Å². The molecule has 1 heterocycles. The van der Waals surface area contributed by atoms with E-state index in [1.165, 1.54) is 0 Å². The van der Waals surface area contributed by atoms with Gasteiger partial charge in [-0.1, -0.05) is 0 Å². The van der Waals surface area contributed by atoms with Crippen LogP contribution in [0.1, 0.15) is 29.6 Å². The second-order valence-corrected chi connectivity index (χ2v) is 4.49. The maximum Gasteiger partial charge on any atom is 0.255 e. The number of hydrogen-bond donors (Lipinski definition) is 2. The molecule has 5 heteroatoms. The number of anilines is 1. The zero-order chi connectivity index (χ0) is 13.0. The molecule has 2 atom stereocenters. The fourth-order valence-electron chi connectivity index (χ4n) is 2.34. The lowest BCUT2D eigenvalue weighted by molar-refractivity contribution is 0.0915. The lowest BCUT2D eigenvalue weighted by atomic mass is 10.2. The fourth-order valence-corrected chi connectivity index (χ4v) is 2.34. The Hall–Kier alpha value is -1.62. The first-order chi connectivity index (χ1) is 8.74. The maximum atomic E-state index is 12.1. The fraction of sp³-hybridized carbons (Fsp3) is 0.538. The van der Waals surface area contributed by atoms with Crippen molar-refractivity contribution in [1.82, 2.24) is 10.3 Å². The minimum Gasteiger partial charge on any atom is -0.381 e. The average Bonchev–Trinajstić information content (AvgIpc) is 2.86. The van der Waals surface area contributed by atoms with E-state index in [1.54, 1.807) is 32.5 Å².